The summed E-state index contributed by atoms with van der Waals surface area (Å²) in [6, 6.07) is 14.0. The molecule has 0 fully saturated rings. The van der Waals surface area contributed by atoms with E-state index < -0.39 is 4.92 Å². The number of hydrogen-bond acceptors (Lipinski definition) is 4. The molecule has 0 radical (unpaired) electrons. The maximum absolute atomic E-state index is 10.7. The third kappa shape index (κ3) is 7.64. The van der Waals surface area contributed by atoms with Crippen LogP contribution in [-0.2, 0) is 17.8 Å². The highest BCUT2D eigenvalue weighted by Gasteiger charge is 2.05. The lowest BCUT2D eigenvalue weighted by molar-refractivity contribution is -0.384. The second-order valence-corrected chi connectivity index (χ2v) is 6.28. The van der Waals surface area contributed by atoms with Crippen LogP contribution in [0.25, 0.3) is 0 Å². The number of rotatable bonds is 9. The van der Waals surface area contributed by atoms with Gasteiger partial charge in [-0.2, -0.15) is 0 Å². The summed E-state index contributed by atoms with van der Waals surface area (Å²) in [7, 11) is 1.67. The maximum Gasteiger partial charge on any atom is 0.269 e. The molecule has 0 aliphatic carbocycles. The molecule has 2 aromatic rings. The van der Waals surface area contributed by atoms with Gasteiger partial charge in [-0.1, -0.05) is 35.9 Å². The largest absolute Gasteiger partial charge is 0.385 e. The second-order valence-electron chi connectivity index (χ2n) is 5.84. The molecule has 144 valence electrons. The van der Waals surface area contributed by atoms with E-state index in [2.05, 4.69) is 15.6 Å². The van der Waals surface area contributed by atoms with Crippen molar-refractivity contribution >= 4 is 23.2 Å². The lowest BCUT2D eigenvalue weighted by atomic mass is 10.2. The van der Waals surface area contributed by atoms with Crippen molar-refractivity contribution in [3.8, 4) is 0 Å². The Kier molecular flexibility index (Phi) is 8.54. The van der Waals surface area contributed by atoms with E-state index in [1.807, 2.05) is 24.3 Å². The molecular weight excluding hydrogens is 368 g/mol. The molecule has 0 heterocycles. The molecule has 0 aliphatic heterocycles. The van der Waals surface area contributed by atoms with E-state index in [1.54, 1.807) is 19.2 Å². The average molecular weight is 391 g/mol. The minimum absolute atomic E-state index is 0.0769. The Morgan fingerprint density at radius 2 is 1.78 bits per heavy atom. The minimum atomic E-state index is -0.409. The van der Waals surface area contributed by atoms with Gasteiger partial charge in [-0.25, -0.2) is 4.99 Å². The molecule has 0 saturated heterocycles. The number of hydrogen-bond donors (Lipinski definition) is 2. The first kappa shape index (κ1) is 20.7. The van der Waals surface area contributed by atoms with Crippen LogP contribution in [0.5, 0.6) is 0 Å². The van der Waals surface area contributed by atoms with Crippen LogP contribution in [0, 0.1) is 10.1 Å². The normalized spacial score (nSPS) is 11.3. The highest BCUT2D eigenvalue weighted by Crippen LogP contribution is 2.12. The van der Waals surface area contributed by atoms with Gasteiger partial charge in [0.1, 0.15) is 0 Å². The first-order chi connectivity index (χ1) is 13.1. The number of nitrogens with zero attached hydrogens (tertiary/aromatic N) is 2. The van der Waals surface area contributed by atoms with Crippen LogP contribution < -0.4 is 10.6 Å². The lowest BCUT2D eigenvalue weighted by Gasteiger charge is -2.13. The summed E-state index contributed by atoms with van der Waals surface area (Å²) in [5, 5.41) is 17.9. The summed E-state index contributed by atoms with van der Waals surface area (Å²) in [6.45, 7) is 2.41. The average Bonchev–Trinajstić information content (AvgIpc) is 2.68. The molecule has 0 aromatic heterocycles. The zero-order valence-corrected chi connectivity index (χ0v) is 15.9. The zero-order valence-electron chi connectivity index (χ0n) is 15.2. The van der Waals surface area contributed by atoms with Crippen molar-refractivity contribution in [1.82, 2.24) is 10.6 Å². The molecule has 0 amide bonds. The van der Waals surface area contributed by atoms with Crippen molar-refractivity contribution in [2.45, 2.75) is 19.5 Å². The van der Waals surface area contributed by atoms with Crippen molar-refractivity contribution in [3.05, 3.63) is 74.8 Å². The van der Waals surface area contributed by atoms with Gasteiger partial charge < -0.3 is 15.4 Å². The molecule has 0 bridgehead atoms. The number of guanidine groups is 1. The van der Waals surface area contributed by atoms with Gasteiger partial charge >= 0.3 is 0 Å². The lowest BCUT2D eigenvalue weighted by Crippen LogP contribution is -2.37. The molecule has 0 aliphatic rings. The monoisotopic (exact) mass is 390 g/mol. The Morgan fingerprint density at radius 3 is 2.41 bits per heavy atom. The number of aliphatic imine (C=N–C) groups is 1. The fourth-order valence-corrected chi connectivity index (χ4v) is 2.41. The Balaban J connectivity index is 1.96. The fraction of sp³-hybridized carbons (Fsp3) is 0.316. The molecule has 2 N–H and O–H groups in total. The number of nitro benzene ring substituents is 1. The van der Waals surface area contributed by atoms with E-state index in [-0.39, 0.29) is 5.69 Å². The van der Waals surface area contributed by atoms with Crippen LogP contribution in [0.1, 0.15) is 17.5 Å². The van der Waals surface area contributed by atoms with E-state index in [4.69, 9.17) is 16.3 Å². The number of nitrogens with one attached hydrogen (secondary N) is 2. The standard InChI is InChI=1S/C19H23ClN4O3/c1-27-12-2-11-21-19(22-13-15-3-7-17(20)8-4-15)23-14-16-5-9-18(10-6-16)24(25)26/h3-10H,2,11-14H2,1H3,(H2,21,22,23). The second kappa shape index (κ2) is 11.2. The van der Waals surface area contributed by atoms with Crippen LogP contribution in [0.15, 0.2) is 53.5 Å². The topological polar surface area (TPSA) is 88.8 Å². The summed E-state index contributed by atoms with van der Waals surface area (Å²) < 4.78 is 5.06. The number of ether oxygens (including phenoxy) is 1. The first-order valence-electron chi connectivity index (χ1n) is 8.57. The van der Waals surface area contributed by atoms with Gasteiger partial charge in [0.2, 0.25) is 0 Å². The van der Waals surface area contributed by atoms with E-state index >= 15 is 0 Å². The molecular formula is C19H23ClN4O3. The molecule has 2 aromatic carbocycles. The molecule has 8 heteroatoms. The summed E-state index contributed by atoms with van der Waals surface area (Å²) in [5.41, 5.74) is 2.05. The van der Waals surface area contributed by atoms with Gasteiger partial charge in [0.25, 0.3) is 5.69 Å². The third-order valence-corrected chi connectivity index (χ3v) is 4.01. The molecule has 0 spiro atoms. The zero-order chi connectivity index (χ0) is 19.5. The molecule has 0 atom stereocenters. The Labute approximate surface area is 163 Å². The molecule has 0 unspecified atom stereocenters. The van der Waals surface area contributed by atoms with Gasteiger partial charge in [0.15, 0.2) is 5.96 Å². The fourth-order valence-electron chi connectivity index (χ4n) is 2.28. The van der Waals surface area contributed by atoms with Crippen LogP contribution in [0.2, 0.25) is 5.02 Å². The molecule has 2 rings (SSSR count). The number of halogens is 1. The quantitative estimate of drug-likeness (QED) is 0.225. The summed E-state index contributed by atoms with van der Waals surface area (Å²) >= 11 is 5.91. The maximum atomic E-state index is 10.7. The first-order valence-corrected chi connectivity index (χ1v) is 8.95. The number of benzene rings is 2. The minimum Gasteiger partial charge on any atom is -0.385 e. The van der Waals surface area contributed by atoms with E-state index in [0.717, 1.165) is 24.1 Å². The van der Waals surface area contributed by atoms with Gasteiger partial charge in [-0.15, -0.1) is 0 Å². The Hall–Kier alpha value is -2.64. The van der Waals surface area contributed by atoms with Crippen LogP contribution >= 0.6 is 11.6 Å². The van der Waals surface area contributed by atoms with Gasteiger partial charge in [0, 0.05) is 44.0 Å². The Morgan fingerprint density at radius 1 is 1.11 bits per heavy atom. The Bertz CT molecular complexity index is 749. The van der Waals surface area contributed by atoms with E-state index in [0.29, 0.717) is 30.7 Å². The molecule has 0 saturated carbocycles. The van der Waals surface area contributed by atoms with E-state index in [9.17, 15) is 10.1 Å². The van der Waals surface area contributed by atoms with Crippen molar-refractivity contribution < 1.29 is 9.66 Å². The van der Waals surface area contributed by atoms with Crippen molar-refractivity contribution in [3.63, 3.8) is 0 Å². The highest BCUT2D eigenvalue weighted by atomic mass is 35.5. The van der Waals surface area contributed by atoms with Gasteiger partial charge in [-0.05, 0) is 29.7 Å². The van der Waals surface area contributed by atoms with Crippen LogP contribution in [0.4, 0.5) is 5.69 Å². The highest BCUT2D eigenvalue weighted by molar-refractivity contribution is 6.30. The summed E-state index contributed by atoms with van der Waals surface area (Å²) in [5.74, 6) is 0.666. The van der Waals surface area contributed by atoms with Gasteiger partial charge in [0.05, 0.1) is 11.5 Å². The molecule has 7 nitrogen and oxygen atoms in total. The third-order valence-electron chi connectivity index (χ3n) is 3.76. The van der Waals surface area contributed by atoms with Crippen LogP contribution in [-0.4, -0.2) is 31.1 Å². The van der Waals surface area contributed by atoms with Crippen molar-refractivity contribution in [1.29, 1.82) is 0 Å². The van der Waals surface area contributed by atoms with E-state index in [1.165, 1.54) is 12.1 Å². The predicted octanol–water partition coefficient (Wildman–Crippen LogP) is 3.52. The summed E-state index contributed by atoms with van der Waals surface area (Å²) in [4.78, 5) is 14.9. The summed E-state index contributed by atoms with van der Waals surface area (Å²) in [6.07, 6.45) is 0.857. The smallest absolute Gasteiger partial charge is 0.269 e. The number of non-ortho nitro benzene ring substituents is 1. The number of methoxy groups -OCH3 is 1. The number of nitro groups is 1. The van der Waals surface area contributed by atoms with Crippen molar-refractivity contribution in [2.75, 3.05) is 20.3 Å². The van der Waals surface area contributed by atoms with Crippen LogP contribution in [0.3, 0.4) is 0 Å². The predicted molar refractivity (Wildman–Crippen MR) is 107 cm³/mol. The molecule has 27 heavy (non-hydrogen) atoms. The van der Waals surface area contributed by atoms with Crippen molar-refractivity contribution in [2.24, 2.45) is 4.99 Å². The van der Waals surface area contributed by atoms with Gasteiger partial charge in [-0.3, -0.25) is 10.1 Å². The SMILES string of the molecule is COCCCNC(=NCc1ccc(Cl)cc1)NCc1ccc([N+](=O)[O-])cc1.